The molecule has 0 unspecified atom stereocenters. The molecule has 100 valence electrons. The topological polar surface area (TPSA) is 38.5 Å². The van der Waals surface area contributed by atoms with E-state index in [0.29, 0.717) is 38.4 Å². The van der Waals surface area contributed by atoms with Gasteiger partial charge in [-0.15, -0.1) is 0 Å². The molecular weight excluding hydrogens is 231 g/mol. The number of nitrogens with two attached hydrogens (primary N) is 1. The van der Waals surface area contributed by atoms with Crippen molar-refractivity contribution >= 4 is 5.69 Å². The van der Waals surface area contributed by atoms with Gasteiger partial charge in [-0.25, -0.2) is 4.39 Å². The molecule has 2 rings (SSSR count). The Morgan fingerprint density at radius 3 is 2.89 bits per heavy atom. The van der Waals surface area contributed by atoms with Crippen LogP contribution in [0.1, 0.15) is 19.4 Å². The summed E-state index contributed by atoms with van der Waals surface area (Å²) in [4.78, 5) is 2.11. The van der Waals surface area contributed by atoms with Crippen LogP contribution in [0.2, 0.25) is 0 Å². The van der Waals surface area contributed by atoms with Crippen molar-refractivity contribution in [3.8, 4) is 0 Å². The van der Waals surface area contributed by atoms with E-state index >= 15 is 0 Å². The molecule has 0 saturated carbocycles. The molecule has 4 heteroatoms. The molecule has 0 bridgehead atoms. The smallest absolute Gasteiger partial charge is 0.146 e. The number of hydrogen-bond acceptors (Lipinski definition) is 3. The number of rotatable bonds is 3. The van der Waals surface area contributed by atoms with Gasteiger partial charge in [0.25, 0.3) is 0 Å². The van der Waals surface area contributed by atoms with Crippen molar-refractivity contribution in [1.82, 2.24) is 0 Å². The second-order valence-corrected chi connectivity index (χ2v) is 5.30. The molecule has 0 aliphatic carbocycles. The molecule has 1 heterocycles. The number of anilines is 1. The van der Waals surface area contributed by atoms with Gasteiger partial charge in [-0.2, -0.15) is 0 Å². The van der Waals surface area contributed by atoms with Gasteiger partial charge in [0.15, 0.2) is 0 Å². The highest BCUT2D eigenvalue weighted by molar-refractivity contribution is 5.57. The summed E-state index contributed by atoms with van der Waals surface area (Å²) in [6, 6.07) is 5.22. The van der Waals surface area contributed by atoms with Crippen LogP contribution in [0.15, 0.2) is 18.2 Å². The molecule has 3 nitrogen and oxygen atoms in total. The first-order chi connectivity index (χ1) is 8.56. The first kappa shape index (κ1) is 13.3. The molecule has 1 aromatic rings. The summed E-state index contributed by atoms with van der Waals surface area (Å²) < 4.78 is 19.7. The minimum atomic E-state index is -0.191. The van der Waals surface area contributed by atoms with E-state index in [4.69, 9.17) is 10.5 Å². The molecule has 0 atom stereocenters. The van der Waals surface area contributed by atoms with E-state index in [1.807, 2.05) is 6.07 Å². The Balaban J connectivity index is 2.42. The standard InChI is InChI=1S/C14H21FN2O/c1-14(2)10-18-9-8-17(14)13-11(6-7-16)4-3-5-12(13)15/h3-5H,6-10,16H2,1-2H3. The normalized spacial score (nSPS) is 19.0. The lowest BCUT2D eigenvalue weighted by atomic mass is 9.98. The summed E-state index contributed by atoms with van der Waals surface area (Å²) in [6.07, 6.45) is 0.695. The Bertz CT molecular complexity index is 420. The number of benzene rings is 1. The van der Waals surface area contributed by atoms with Gasteiger partial charge in [0.2, 0.25) is 0 Å². The van der Waals surface area contributed by atoms with E-state index in [1.165, 1.54) is 6.07 Å². The van der Waals surface area contributed by atoms with E-state index in [0.717, 1.165) is 5.56 Å². The second-order valence-electron chi connectivity index (χ2n) is 5.30. The molecule has 1 aliphatic rings. The maximum Gasteiger partial charge on any atom is 0.146 e. The number of ether oxygens (including phenoxy) is 1. The lowest BCUT2D eigenvalue weighted by molar-refractivity contribution is 0.0639. The van der Waals surface area contributed by atoms with Crippen LogP contribution >= 0.6 is 0 Å². The molecule has 0 aromatic heterocycles. The molecule has 18 heavy (non-hydrogen) atoms. The van der Waals surface area contributed by atoms with E-state index in [9.17, 15) is 4.39 Å². The fourth-order valence-corrected chi connectivity index (χ4v) is 2.49. The summed E-state index contributed by atoms with van der Waals surface area (Å²) >= 11 is 0. The Kier molecular flexibility index (Phi) is 3.88. The van der Waals surface area contributed by atoms with Gasteiger partial charge in [0.05, 0.1) is 24.4 Å². The maximum atomic E-state index is 14.2. The average Bonchev–Trinajstić information content (AvgIpc) is 2.31. The third-order valence-corrected chi connectivity index (χ3v) is 3.40. The Hall–Kier alpha value is -1.13. The lowest BCUT2D eigenvalue weighted by Crippen LogP contribution is -2.53. The van der Waals surface area contributed by atoms with Crippen molar-refractivity contribution in [1.29, 1.82) is 0 Å². The van der Waals surface area contributed by atoms with E-state index in [1.54, 1.807) is 6.07 Å². The molecule has 2 N–H and O–H groups in total. The lowest BCUT2D eigenvalue weighted by Gasteiger charge is -2.44. The Morgan fingerprint density at radius 2 is 2.22 bits per heavy atom. The van der Waals surface area contributed by atoms with Crippen LogP contribution in [0.5, 0.6) is 0 Å². The van der Waals surface area contributed by atoms with Gasteiger partial charge in [-0.3, -0.25) is 0 Å². The fraction of sp³-hybridized carbons (Fsp3) is 0.571. The Morgan fingerprint density at radius 1 is 1.44 bits per heavy atom. The first-order valence-electron chi connectivity index (χ1n) is 6.39. The van der Waals surface area contributed by atoms with Crippen molar-refractivity contribution in [2.75, 3.05) is 31.2 Å². The van der Waals surface area contributed by atoms with Gasteiger partial charge in [0.1, 0.15) is 5.82 Å². The van der Waals surface area contributed by atoms with Crippen molar-refractivity contribution in [3.63, 3.8) is 0 Å². The van der Waals surface area contributed by atoms with Gasteiger partial charge in [0, 0.05) is 6.54 Å². The predicted octanol–water partition coefficient (Wildman–Crippen LogP) is 1.94. The van der Waals surface area contributed by atoms with E-state index in [-0.39, 0.29) is 11.4 Å². The molecule has 1 aromatic carbocycles. The molecule has 0 spiro atoms. The summed E-state index contributed by atoms with van der Waals surface area (Å²) in [7, 11) is 0. The number of para-hydroxylation sites is 1. The number of hydrogen-bond donors (Lipinski definition) is 1. The average molecular weight is 252 g/mol. The second kappa shape index (κ2) is 5.24. The molecule has 0 amide bonds. The number of halogens is 1. The zero-order chi connectivity index (χ0) is 13.2. The maximum absolute atomic E-state index is 14.2. The van der Waals surface area contributed by atoms with Crippen LogP contribution in [-0.4, -0.2) is 31.8 Å². The predicted molar refractivity (Wildman–Crippen MR) is 71.4 cm³/mol. The van der Waals surface area contributed by atoms with Crippen LogP contribution < -0.4 is 10.6 Å². The first-order valence-corrected chi connectivity index (χ1v) is 6.39. The van der Waals surface area contributed by atoms with Crippen LogP contribution in [0.4, 0.5) is 10.1 Å². The molecule has 1 aliphatic heterocycles. The highest BCUT2D eigenvalue weighted by Crippen LogP contribution is 2.32. The largest absolute Gasteiger partial charge is 0.377 e. The molecule has 1 saturated heterocycles. The van der Waals surface area contributed by atoms with Crippen molar-refractivity contribution < 1.29 is 9.13 Å². The molecule has 1 fully saturated rings. The summed E-state index contributed by atoms with van der Waals surface area (Å²) in [5.74, 6) is -0.170. The number of morpholine rings is 1. The van der Waals surface area contributed by atoms with E-state index < -0.39 is 0 Å². The van der Waals surface area contributed by atoms with Crippen molar-refractivity contribution in [2.24, 2.45) is 5.73 Å². The van der Waals surface area contributed by atoms with Crippen LogP contribution in [0.25, 0.3) is 0 Å². The highest BCUT2D eigenvalue weighted by Gasteiger charge is 2.33. The van der Waals surface area contributed by atoms with Gasteiger partial charge < -0.3 is 15.4 Å². The molecular formula is C14H21FN2O. The van der Waals surface area contributed by atoms with Crippen LogP contribution in [-0.2, 0) is 11.2 Å². The monoisotopic (exact) mass is 252 g/mol. The minimum Gasteiger partial charge on any atom is -0.377 e. The van der Waals surface area contributed by atoms with Crippen molar-refractivity contribution in [3.05, 3.63) is 29.6 Å². The summed E-state index contributed by atoms with van der Waals surface area (Å²) in [5.41, 5.74) is 7.09. The fourth-order valence-electron chi connectivity index (χ4n) is 2.49. The Labute approximate surface area is 108 Å². The number of nitrogens with zero attached hydrogens (tertiary/aromatic N) is 1. The SMILES string of the molecule is CC1(C)COCCN1c1c(F)cccc1CCN. The van der Waals surface area contributed by atoms with Crippen LogP contribution in [0.3, 0.4) is 0 Å². The summed E-state index contributed by atoms with van der Waals surface area (Å²) in [6.45, 7) is 6.64. The van der Waals surface area contributed by atoms with Gasteiger partial charge in [-0.05, 0) is 38.4 Å². The van der Waals surface area contributed by atoms with E-state index in [2.05, 4.69) is 18.7 Å². The molecule has 0 radical (unpaired) electrons. The third kappa shape index (κ3) is 2.49. The van der Waals surface area contributed by atoms with Gasteiger partial charge in [-0.1, -0.05) is 12.1 Å². The third-order valence-electron chi connectivity index (χ3n) is 3.40. The summed E-state index contributed by atoms with van der Waals surface area (Å²) in [5, 5.41) is 0. The highest BCUT2D eigenvalue weighted by atomic mass is 19.1. The minimum absolute atomic E-state index is 0.170. The zero-order valence-electron chi connectivity index (χ0n) is 11.1. The zero-order valence-corrected chi connectivity index (χ0v) is 11.1. The van der Waals surface area contributed by atoms with Crippen LogP contribution in [0, 0.1) is 5.82 Å². The quantitative estimate of drug-likeness (QED) is 0.893. The van der Waals surface area contributed by atoms with Gasteiger partial charge >= 0.3 is 0 Å². The van der Waals surface area contributed by atoms with Crippen molar-refractivity contribution in [2.45, 2.75) is 25.8 Å².